The van der Waals surface area contributed by atoms with Gasteiger partial charge in [0.25, 0.3) is 0 Å². The summed E-state index contributed by atoms with van der Waals surface area (Å²) < 4.78 is 6.37. The molecule has 0 saturated heterocycles. The quantitative estimate of drug-likeness (QED) is 0.472. The number of carbonyl (C=O) groups excluding carboxylic acids is 1. The molecule has 0 saturated carbocycles. The Morgan fingerprint density at radius 3 is 2.59 bits per heavy atom. The number of aromatic nitrogens is 2. The Labute approximate surface area is 179 Å². The van der Waals surface area contributed by atoms with E-state index < -0.39 is 0 Å². The second-order valence-corrected chi connectivity index (χ2v) is 8.67. The molecule has 0 bridgehead atoms. The van der Waals surface area contributed by atoms with Crippen molar-refractivity contribution in [3.63, 3.8) is 0 Å². The van der Waals surface area contributed by atoms with Gasteiger partial charge in [-0.3, -0.25) is 4.79 Å². The van der Waals surface area contributed by atoms with E-state index in [9.17, 15) is 4.79 Å². The largest absolute Gasteiger partial charge is 0.492 e. The minimum Gasteiger partial charge on any atom is -0.492 e. The van der Waals surface area contributed by atoms with Crippen molar-refractivity contribution in [3.8, 4) is 5.75 Å². The first-order valence-corrected chi connectivity index (χ1v) is 11.2. The van der Waals surface area contributed by atoms with Gasteiger partial charge in [0, 0.05) is 12.2 Å². The Balaban J connectivity index is 1.66. The molecule has 0 unspecified atom stereocenters. The zero-order chi connectivity index (χ0) is 20.6. The van der Waals surface area contributed by atoms with Gasteiger partial charge in [0.1, 0.15) is 5.75 Å². The molecule has 6 nitrogen and oxygen atoms in total. The van der Waals surface area contributed by atoms with Gasteiger partial charge in [0.05, 0.1) is 17.5 Å². The Bertz CT molecular complexity index is 933. The molecule has 0 aliphatic heterocycles. The monoisotopic (exact) mass is 428 g/mol. The fraction of sp³-hybridized carbons (Fsp3) is 0.286. The first kappa shape index (κ1) is 21.1. The number of anilines is 3. The van der Waals surface area contributed by atoms with Crippen LogP contribution in [0.5, 0.6) is 5.75 Å². The lowest BCUT2D eigenvalue weighted by Crippen LogP contribution is -2.36. The van der Waals surface area contributed by atoms with E-state index in [0.29, 0.717) is 18.3 Å². The minimum atomic E-state index is -0.272. The molecule has 0 aliphatic rings. The van der Waals surface area contributed by atoms with Crippen LogP contribution in [0.2, 0.25) is 0 Å². The van der Waals surface area contributed by atoms with Crippen molar-refractivity contribution in [1.82, 2.24) is 10.2 Å². The summed E-state index contributed by atoms with van der Waals surface area (Å²) in [6, 6.07) is 17.4. The predicted octanol–water partition coefficient (Wildman–Crippen LogP) is 5.21. The van der Waals surface area contributed by atoms with Crippen LogP contribution in [0.4, 0.5) is 16.5 Å². The molecule has 1 amide bonds. The van der Waals surface area contributed by atoms with Crippen molar-refractivity contribution < 1.29 is 9.53 Å². The van der Waals surface area contributed by atoms with Gasteiger partial charge in [-0.15, -0.1) is 10.2 Å². The highest BCUT2D eigenvalue weighted by Crippen LogP contribution is 2.33. The maximum atomic E-state index is 12.9. The van der Waals surface area contributed by atoms with Crippen molar-refractivity contribution in [2.75, 3.05) is 23.4 Å². The van der Waals surface area contributed by atoms with Crippen molar-refractivity contribution in [2.24, 2.45) is 0 Å². The third kappa shape index (κ3) is 5.48. The molecule has 1 N–H and O–H groups in total. The fourth-order valence-corrected chi connectivity index (χ4v) is 4.74. The summed E-state index contributed by atoms with van der Waals surface area (Å²) in [5.74, 6) is 0.819. The average Bonchev–Trinajstić information content (AvgIpc) is 3.17. The number of hydrogen-bond donors (Lipinski definition) is 1. The highest BCUT2D eigenvalue weighted by atomic mass is 32.2. The van der Waals surface area contributed by atoms with E-state index in [2.05, 4.69) is 15.5 Å². The number of rotatable bonds is 9. The Hall–Kier alpha value is -2.58. The fourth-order valence-electron chi connectivity index (χ4n) is 2.77. The zero-order valence-corrected chi connectivity index (χ0v) is 18.3. The van der Waals surface area contributed by atoms with Gasteiger partial charge in [-0.05, 0) is 45.0 Å². The summed E-state index contributed by atoms with van der Waals surface area (Å²) in [5, 5.41) is 12.1. The molecule has 0 fully saturated rings. The van der Waals surface area contributed by atoms with Crippen LogP contribution in [0.15, 0.2) is 58.9 Å². The number of benzene rings is 2. The molecule has 1 heterocycles. The number of nitrogens with one attached hydrogen (secondary N) is 1. The molecule has 1 atom stereocenters. The van der Waals surface area contributed by atoms with E-state index in [0.717, 1.165) is 21.5 Å². The van der Waals surface area contributed by atoms with E-state index in [1.54, 1.807) is 4.90 Å². The van der Waals surface area contributed by atoms with Crippen LogP contribution in [-0.4, -0.2) is 34.5 Å². The topological polar surface area (TPSA) is 67.3 Å². The number of hydrogen-bond acceptors (Lipinski definition) is 7. The molecular weight excluding hydrogens is 404 g/mol. The van der Waals surface area contributed by atoms with Crippen LogP contribution in [0, 0.1) is 0 Å². The van der Waals surface area contributed by atoms with E-state index in [1.165, 1.54) is 23.1 Å². The van der Waals surface area contributed by atoms with Crippen LogP contribution in [0.1, 0.15) is 20.8 Å². The SMILES string of the molecule is CCOc1ccccc1Nc1nnc(S[C@H](C)C(=O)N(CC)c2ccccc2)s1. The maximum absolute atomic E-state index is 12.9. The number of amides is 1. The van der Waals surface area contributed by atoms with Crippen LogP contribution < -0.4 is 15.0 Å². The smallest absolute Gasteiger partial charge is 0.240 e. The maximum Gasteiger partial charge on any atom is 0.240 e. The van der Waals surface area contributed by atoms with Crippen LogP contribution in [-0.2, 0) is 4.79 Å². The third-order valence-corrected chi connectivity index (χ3v) is 6.12. The molecule has 8 heteroatoms. The van der Waals surface area contributed by atoms with E-state index in [-0.39, 0.29) is 11.2 Å². The van der Waals surface area contributed by atoms with Crippen molar-refractivity contribution in [2.45, 2.75) is 30.4 Å². The van der Waals surface area contributed by atoms with E-state index in [1.807, 2.05) is 75.4 Å². The summed E-state index contributed by atoms with van der Waals surface area (Å²) in [5.41, 5.74) is 1.74. The molecule has 1 aromatic heterocycles. The van der Waals surface area contributed by atoms with E-state index in [4.69, 9.17) is 4.74 Å². The van der Waals surface area contributed by atoms with Crippen LogP contribution >= 0.6 is 23.1 Å². The first-order chi connectivity index (χ1) is 14.1. The van der Waals surface area contributed by atoms with E-state index >= 15 is 0 Å². The lowest BCUT2D eigenvalue weighted by Gasteiger charge is -2.23. The van der Waals surface area contributed by atoms with Gasteiger partial charge in [-0.25, -0.2) is 0 Å². The molecule has 2 aromatic carbocycles. The molecule has 152 valence electrons. The Morgan fingerprint density at radius 1 is 1.14 bits per heavy atom. The second-order valence-electron chi connectivity index (χ2n) is 6.11. The van der Waals surface area contributed by atoms with Gasteiger partial charge in [0.15, 0.2) is 4.34 Å². The minimum absolute atomic E-state index is 0.0510. The normalized spacial score (nSPS) is 11.7. The average molecular weight is 429 g/mol. The molecular formula is C21H24N4O2S2. The Morgan fingerprint density at radius 2 is 1.86 bits per heavy atom. The molecule has 0 radical (unpaired) electrons. The summed E-state index contributed by atoms with van der Waals surface area (Å²) in [4.78, 5) is 14.7. The van der Waals surface area contributed by atoms with Gasteiger partial charge < -0.3 is 15.0 Å². The number of carbonyl (C=O) groups is 1. The highest BCUT2D eigenvalue weighted by Gasteiger charge is 2.23. The van der Waals surface area contributed by atoms with Crippen LogP contribution in [0.3, 0.4) is 0 Å². The lowest BCUT2D eigenvalue weighted by molar-refractivity contribution is -0.117. The predicted molar refractivity (Wildman–Crippen MR) is 121 cm³/mol. The summed E-state index contributed by atoms with van der Waals surface area (Å²) in [6.07, 6.45) is 0. The Kier molecular flexibility index (Phi) is 7.48. The second kappa shape index (κ2) is 10.3. The third-order valence-electron chi connectivity index (χ3n) is 4.11. The summed E-state index contributed by atoms with van der Waals surface area (Å²) in [7, 11) is 0. The van der Waals surface area contributed by atoms with Crippen molar-refractivity contribution in [1.29, 1.82) is 0 Å². The van der Waals surface area contributed by atoms with Gasteiger partial charge in [-0.2, -0.15) is 0 Å². The number of thioether (sulfide) groups is 1. The van der Waals surface area contributed by atoms with Gasteiger partial charge in [-0.1, -0.05) is 53.4 Å². The van der Waals surface area contributed by atoms with Crippen molar-refractivity contribution >= 4 is 45.5 Å². The standard InChI is InChI=1S/C21H24N4O2S2/c1-4-25(16-11-7-6-8-12-16)19(26)15(3)28-21-24-23-20(29-21)22-17-13-9-10-14-18(17)27-5-2/h6-15H,4-5H2,1-3H3,(H,22,23)/t15-/m1/s1. The molecule has 3 aromatic rings. The number of ether oxygens (including phenoxy) is 1. The van der Waals surface area contributed by atoms with Crippen molar-refractivity contribution in [3.05, 3.63) is 54.6 Å². The number of para-hydroxylation sites is 3. The molecule has 0 aliphatic carbocycles. The lowest BCUT2D eigenvalue weighted by atomic mass is 10.2. The van der Waals surface area contributed by atoms with Gasteiger partial charge >= 0.3 is 0 Å². The molecule has 0 spiro atoms. The van der Waals surface area contributed by atoms with Crippen LogP contribution in [0.25, 0.3) is 0 Å². The number of nitrogens with zero attached hydrogens (tertiary/aromatic N) is 3. The van der Waals surface area contributed by atoms with Gasteiger partial charge in [0.2, 0.25) is 11.0 Å². The molecule has 3 rings (SSSR count). The highest BCUT2D eigenvalue weighted by molar-refractivity contribution is 8.02. The summed E-state index contributed by atoms with van der Waals surface area (Å²) >= 11 is 2.84. The first-order valence-electron chi connectivity index (χ1n) is 9.47. The summed E-state index contributed by atoms with van der Waals surface area (Å²) in [6.45, 7) is 7.03. The molecule has 29 heavy (non-hydrogen) atoms. The zero-order valence-electron chi connectivity index (χ0n) is 16.7.